The Kier molecular flexibility index (Phi) is 6.11. The molecular formula is C18H22N2O3S. The van der Waals surface area contributed by atoms with Crippen molar-refractivity contribution in [2.24, 2.45) is 0 Å². The monoisotopic (exact) mass is 346 g/mol. The maximum Gasteiger partial charge on any atom is 0.225 e. The SMILES string of the molecule is Cc1ccccc1CN(CCC(=O)Nc1ccccc1)S(C)(=O)=O. The van der Waals surface area contributed by atoms with E-state index in [9.17, 15) is 13.2 Å². The predicted octanol–water partition coefficient (Wildman–Crippen LogP) is 2.79. The zero-order chi connectivity index (χ0) is 17.6. The maximum absolute atomic E-state index is 12.0. The Morgan fingerprint density at radius 2 is 1.67 bits per heavy atom. The first-order valence-electron chi connectivity index (χ1n) is 7.71. The van der Waals surface area contributed by atoms with E-state index in [-0.39, 0.29) is 25.4 Å². The average Bonchev–Trinajstić information content (AvgIpc) is 2.53. The van der Waals surface area contributed by atoms with Gasteiger partial charge in [0.25, 0.3) is 0 Å². The molecule has 5 nitrogen and oxygen atoms in total. The Labute approximate surface area is 143 Å². The third kappa shape index (κ3) is 5.47. The lowest BCUT2D eigenvalue weighted by atomic mass is 10.1. The molecule has 2 rings (SSSR count). The van der Waals surface area contributed by atoms with Gasteiger partial charge in [-0.2, -0.15) is 4.31 Å². The number of benzene rings is 2. The number of hydrogen-bond acceptors (Lipinski definition) is 3. The Bertz CT molecular complexity index is 789. The lowest BCUT2D eigenvalue weighted by molar-refractivity contribution is -0.116. The van der Waals surface area contributed by atoms with E-state index in [1.54, 1.807) is 12.1 Å². The highest BCUT2D eigenvalue weighted by Gasteiger charge is 2.19. The highest BCUT2D eigenvalue weighted by Crippen LogP contribution is 2.14. The Hall–Kier alpha value is -2.18. The number of nitrogens with zero attached hydrogens (tertiary/aromatic N) is 1. The van der Waals surface area contributed by atoms with Crippen molar-refractivity contribution >= 4 is 21.6 Å². The van der Waals surface area contributed by atoms with Crippen LogP contribution in [-0.4, -0.2) is 31.4 Å². The predicted molar refractivity (Wildman–Crippen MR) is 96.1 cm³/mol. The molecule has 0 aliphatic rings. The molecule has 0 aliphatic carbocycles. The molecule has 2 aromatic rings. The first-order valence-corrected chi connectivity index (χ1v) is 9.55. The fourth-order valence-corrected chi connectivity index (χ4v) is 3.11. The summed E-state index contributed by atoms with van der Waals surface area (Å²) in [7, 11) is -3.40. The molecule has 128 valence electrons. The fourth-order valence-electron chi connectivity index (χ4n) is 2.31. The number of anilines is 1. The molecule has 0 saturated heterocycles. The Balaban J connectivity index is 2.00. The molecule has 0 bridgehead atoms. The smallest absolute Gasteiger partial charge is 0.225 e. The minimum absolute atomic E-state index is 0.105. The van der Waals surface area contributed by atoms with Gasteiger partial charge >= 0.3 is 0 Å². The summed E-state index contributed by atoms with van der Waals surface area (Å²) in [5.74, 6) is -0.209. The van der Waals surface area contributed by atoms with Gasteiger partial charge in [-0.1, -0.05) is 42.5 Å². The Morgan fingerprint density at radius 1 is 1.04 bits per heavy atom. The van der Waals surface area contributed by atoms with Crippen molar-refractivity contribution in [1.82, 2.24) is 4.31 Å². The zero-order valence-corrected chi connectivity index (χ0v) is 14.7. The summed E-state index contributed by atoms with van der Waals surface area (Å²) in [5, 5.41) is 2.76. The number of hydrogen-bond donors (Lipinski definition) is 1. The molecular weight excluding hydrogens is 324 g/mol. The van der Waals surface area contributed by atoms with Crippen LogP contribution in [0.25, 0.3) is 0 Å². The number of amides is 1. The highest BCUT2D eigenvalue weighted by atomic mass is 32.2. The van der Waals surface area contributed by atoms with Crippen molar-refractivity contribution in [3.8, 4) is 0 Å². The lowest BCUT2D eigenvalue weighted by Gasteiger charge is -2.20. The quantitative estimate of drug-likeness (QED) is 0.838. The van der Waals surface area contributed by atoms with E-state index in [4.69, 9.17) is 0 Å². The van der Waals surface area contributed by atoms with E-state index in [2.05, 4.69) is 5.32 Å². The van der Waals surface area contributed by atoms with Crippen LogP contribution in [0.5, 0.6) is 0 Å². The number of carbonyl (C=O) groups is 1. The van der Waals surface area contributed by atoms with E-state index in [0.29, 0.717) is 5.69 Å². The number of para-hydroxylation sites is 1. The highest BCUT2D eigenvalue weighted by molar-refractivity contribution is 7.88. The van der Waals surface area contributed by atoms with Crippen molar-refractivity contribution in [2.45, 2.75) is 19.9 Å². The standard InChI is InChI=1S/C18H22N2O3S/c1-15-8-6-7-9-16(15)14-20(24(2,22)23)13-12-18(21)19-17-10-4-3-5-11-17/h3-11H,12-14H2,1-2H3,(H,19,21). The molecule has 6 heteroatoms. The van der Waals surface area contributed by atoms with Gasteiger partial charge in [0.1, 0.15) is 0 Å². The van der Waals surface area contributed by atoms with Crippen LogP contribution in [0, 0.1) is 6.92 Å². The summed E-state index contributed by atoms with van der Waals surface area (Å²) in [6.07, 6.45) is 1.27. The van der Waals surface area contributed by atoms with Gasteiger partial charge in [-0.3, -0.25) is 4.79 Å². The van der Waals surface area contributed by atoms with Crippen LogP contribution in [0.4, 0.5) is 5.69 Å². The normalized spacial score (nSPS) is 11.5. The molecule has 0 radical (unpaired) electrons. The summed E-state index contributed by atoms with van der Waals surface area (Å²) in [5.41, 5.74) is 2.67. The average molecular weight is 346 g/mol. The van der Waals surface area contributed by atoms with Crippen molar-refractivity contribution in [3.05, 3.63) is 65.7 Å². The largest absolute Gasteiger partial charge is 0.326 e. The number of nitrogens with one attached hydrogen (secondary N) is 1. The molecule has 0 saturated carbocycles. The summed E-state index contributed by atoms with van der Waals surface area (Å²) in [6.45, 7) is 2.36. The first-order chi connectivity index (χ1) is 11.4. The molecule has 0 atom stereocenters. The van der Waals surface area contributed by atoms with Gasteiger partial charge in [-0.05, 0) is 30.2 Å². The molecule has 2 aromatic carbocycles. The molecule has 0 aromatic heterocycles. The number of sulfonamides is 1. The fraction of sp³-hybridized carbons (Fsp3) is 0.278. The van der Waals surface area contributed by atoms with E-state index < -0.39 is 10.0 Å². The zero-order valence-electron chi connectivity index (χ0n) is 13.9. The van der Waals surface area contributed by atoms with E-state index in [1.165, 1.54) is 10.6 Å². The van der Waals surface area contributed by atoms with E-state index in [0.717, 1.165) is 11.1 Å². The molecule has 24 heavy (non-hydrogen) atoms. The maximum atomic E-state index is 12.0. The van der Waals surface area contributed by atoms with Crippen LogP contribution in [0.2, 0.25) is 0 Å². The van der Waals surface area contributed by atoms with Crippen LogP contribution in [-0.2, 0) is 21.4 Å². The van der Waals surface area contributed by atoms with Crippen molar-refractivity contribution < 1.29 is 13.2 Å². The molecule has 1 amide bonds. The van der Waals surface area contributed by atoms with Crippen molar-refractivity contribution in [2.75, 3.05) is 18.1 Å². The van der Waals surface area contributed by atoms with Gasteiger partial charge in [0.05, 0.1) is 6.26 Å². The third-order valence-corrected chi connectivity index (χ3v) is 4.97. The number of carbonyl (C=O) groups excluding carboxylic acids is 1. The van der Waals surface area contributed by atoms with Gasteiger partial charge in [-0.25, -0.2) is 8.42 Å². The van der Waals surface area contributed by atoms with Gasteiger partial charge in [0.15, 0.2) is 0 Å². The second-order valence-electron chi connectivity index (χ2n) is 5.69. The molecule has 0 unspecified atom stereocenters. The van der Waals surface area contributed by atoms with Gasteiger partial charge in [0, 0.05) is 25.2 Å². The second kappa shape index (κ2) is 8.08. The molecule has 0 aliphatic heterocycles. The van der Waals surface area contributed by atoms with Gasteiger partial charge < -0.3 is 5.32 Å². The topological polar surface area (TPSA) is 66.5 Å². The summed E-state index contributed by atoms with van der Waals surface area (Å²) in [4.78, 5) is 12.0. The molecule has 0 spiro atoms. The van der Waals surface area contributed by atoms with Crippen LogP contribution < -0.4 is 5.32 Å². The summed E-state index contributed by atoms with van der Waals surface area (Å²) < 4.78 is 25.4. The Morgan fingerprint density at radius 3 is 2.29 bits per heavy atom. The van der Waals surface area contributed by atoms with E-state index in [1.807, 2.05) is 49.4 Å². The summed E-state index contributed by atoms with van der Waals surface area (Å²) >= 11 is 0. The minimum atomic E-state index is -3.40. The third-order valence-electron chi connectivity index (χ3n) is 3.72. The second-order valence-corrected chi connectivity index (χ2v) is 7.67. The molecule has 0 fully saturated rings. The molecule has 0 heterocycles. The molecule has 1 N–H and O–H groups in total. The lowest BCUT2D eigenvalue weighted by Crippen LogP contribution is -2.32. The van der Waals surface area contributed by atoms with E-state index >= 15 is 0 Å². The minimum Gasteiger partial charge on any atom is -0.326 e. The van der Waals surface area contributed by atoms with Crippen molar-refractivity contribution in [3.63, 3.8) is 0 Å². The number of rotatable bonds is 7. The number of aryl methyl sites for hydroxylation is 1. The van der Waals surface area contributed by atoms with Gasteiger partial charge in [0.2, 0.25) is 15.9 Å². The van der Waals surface area contributed by atoms with Crippen LogP contribution in [0.1, 0.15) is 17.5 Å². The van der Waals surface area contributed by atoms with Crippen LogP contribution in [0.15, 0.2) is 54.6 Å². The van der Waals surface area contributed by atoms with Crippen LogP contribution in [0.3, 0.4) is 0 Å². The van der Waals surface area contributed by atoms with Crippen molar-refractivity contribution in [1.29, 1.82) is 0 Å². The van der Waals surface area contributed by atoms with Gasteiger partial charge in [-0.15, -0.1) is 0 Å². The summed E-state index contributed by atoms with van der Waals surface area (Å²) in [6, 6.07) is 16.7. The van der Waals surface area contributed by atoms with Crippen LogP contribution >= 0.6 is 0 Å². The first kappa shape index (κ1) is 18.2.